The SMILES string of the molecule is NCCC1(CSc2cc(F)ccc2F)CC1. The van der Waals surface area contributed by atoms with Crippen LogP contribution in [-0.2, 0) is 0 Å². The summed E-state index contributed by atoms with van der Waals surface area (Å²) in [5, 5.41) is 0. The van der Waals surface area contributed by atoms with Crippen LogP contribution in [0.3, 0.4) is 0 Å². The predicted molar refractivity (Wildman–Crippen MR) is 62.4 cm³/mol. The second kappa shape index (κ2) is 4.72. The largest absolute Gasteiger partial charge is 0.330 e. The molecule has 0 spiro atoms. The zero-order valence-corrected chi connectivity index (χ0v) is 9.83. The van der Waals surface area contributed by atoms with Crippen molar-refractivity contribution in [3.8, 4) is 0 Å². The molecule has 0 bridgehead atoms. The molecule has 1 aromatic rings. The minimum absolute atomic E-state index is 0.290. The molecule has 4 heteroatoms. The third-order valence-corrected chi connectivity index (χ3v) is 4.44. The lowest BCUT2D eigenvalue weighted by atomic mass is 10.1. The summed E-state index contributed by atoms with van der Waals surface area (Å²) in [4.78, 5) is 0.406. The maximum Gasteiger partial charge on any atom is 0.136 e. The van der Waals surface area contributed by atoms with Crippen molar-refractivity contribution in [1.82, 2.24) is 0 Å². The van der Waals surface area contributed by atoms with Gasteiger partial charge in [0.25, 0.3) is 0 Å². The van der Waals surface area contributed by atoms with Gasteiger partial charge in [-0.15, -0.1) is 11.8 Å². The fourth-order valence-electron chi connectivity index (χ4n) is 1.77. The van der Waals surface area contributed by atoms with Crippen molar-refractivity contribution >= 4 is 11.8 Å². The Morgan fingerprint density at radius 3 is 2.69 bits per heavy atom. The van der Waals surface area contributed by atoms with Gasteiger partial charge in [-0.05, 0) is 49.4 Å². The van der Waals surface area contributed by atoms with Gasteiger partial charge in [-0.2, -0.15) is 0 Å². The monoisotopic (exact) mass is 243 g/mol. The summed E-state index contributed by atoms with van der Waals surface area (Å²) >= 11 is 1.40. The second-order valence-corrected chi connectivity index (χ2v) is 5.42. The standard InChI is InChI=1S/C12H15F2NS/c13-9-1-2-10(14)11(7-9)16-8-12(3-4-12)5-6-15/h1-2,7H,3-6,8,15H2. The van der Waals surface area contributed by atoms with Crippen LogP contribution in [0.25, 0.3) is 0 Å². The molecular weight excluding hydrogens is 228 g/mol. The smallest absolute Gasteiger partial charge is 0.136 e. The van der Waals surface area contributed by atoms with E-state index in [9.17, 15) is 8.78 Å². The van der Waals surface area contributed by atoms with Gasteiger partial charge in [-0.1, -0.05) is 0 Å². The lowest BCUT2D eigenvalue weighted by Gasteiger charge is -2.13. The molecule has 1 aliphatic carbocycles. The summed E-state index contributed by atoms with van der Waals surface area (Å²) < 4.78 is 26.3. The molecule has 1 saturated carbocycles. The van der Waals surface area contributed by atoms with Crippen LogP contribution < -0.4 is 5.73 Å². The van der Waals surface area contributed by atoms with Crippen molar-refractivity contribution < 1.29 is 8.78 Å². The lowest BCUT2D eigenvalue weighted by Crippen LogP contribution is -2.11. The highest BCUT2D eigenvalue weighted by Gasteiger charge is 2.41. The van der Waals surface area contributed by atoms with E-state index in [-0.39, 0.29) is 17.0 Å². The van der Waals surface area contributed by atoms with Crippen molar-refractivity contribution in [3.63, 3.8) is 0 Å². The molecule has 1 fully saturated rings. The van der Waals surface area contributed by atoms with E-state index in [4.69, 9.17) is 5.73 Å². The average Bonchev–Trinajstić information content (AvgIpc) is 3.01. The van der Waals surface area contributed by atoms with Crippen molar-refractivity contribution in [3.05, 3.63) is 29.8 Å². The molecule has 88 valence electrons. The van der Waals surface area contributed by atoms with Crippen LogP contribution in [0.5, 0.6) is 0 Å². The Morgan fingerprint density at radius 1 is 1.31 bits per heavy atom. The van der Waals surface area contributed by atoms with Crippen LogP contribution in [0, 0.1) is 17.0 Å². The Hall–Kier alpha value is -0.610. The van der Waals surface area contributed by atoms with Gasteiger partial charge in [0.2, 0.25) is 0 Å². The highest BCUT2D eigenvalue weighted by molar-refractivity contribution is 7.99. The molecule has 1 aromatic carbocycles. The number of hydrogen-bond donors (Lipinski definition) is 1. The van der Waals surface area contributed by atoms with Crippen LogP contribution in [-0.4, -0.2) is 12.3 Å². The number of nitrogens with two attached hydrogens (primary N) is 1. The first kappa shape index (κ1) is 11.9. The Morgan fingerprint density at radius 2 is 2.06 bits per heavy atom. The molecule has 0 aromatic heterocycles. The van der Waals surface area contributed by atoms with E-state index < -0.39 is 0 Å². The highest BCUT2D eigenvalue weighted by Crippen LogP contribution is 2.51. The minimum atomic E-state index is -0.382. The zero-order chi connectivity index (χ0) is 11.6. The summed E-state index contributed by atoms with van der Waals surface area (Å²) in [7, 11) is 0. The molecular formula is C12H15F2NS. The first-order chi connectivity index (χ1) is 7.65. The van der Waals surface area contributed by atoms with Crippen molar-refractivity contribution in [2.75, 3.05) is 12.3 Å². The molecule has 0 atom stereocenters. The Bertz CT molecular complexity index is 377. The third kappa shape index (κ3) is 2.74. The number of hydrogen-bond acceptors (Lipinski definition) is 2. The molecule has 1 nitrogen and oxygen atoms in total. The first-order valence-electron chi connectivity index (χ1n) is 5.43. The van der Waals surface area contributed by atoms with Gasteiger partial charge < -0.3 is 5.73 Å². The maximum absolute atomic E-state index is 13.3. The summed E-state index contributed by atoms with van der Waals surface area (Å²) in [6.07, 6.45) is 3.30. The van der Waals surface area contributed by atoms with Gasteiger partial charge in [-0.3, -0.25) is 0 Å². The fraction of sp³-hybridized carbons (Fsp3) is 0.500. The normalized spacial score (nSPS) is 17.4. The van der Waals surface area contributed by atoms with Gasteiger partial charge in [0.05, 0.1) is 0 Å². The quantitative estimate of drug-likeness (QED) is 0.804. The summed E-state index contributed by atoms with van der Waals surface area (Å²) in [6, 6.07) is 3.59. The number of halogens is 2. The van der Waals surface area contributed by atoms with E-state index in [0.717, 1.165) is 31.1 Å². The molecule has 0 saturated heterocycles. The minimum Gasteiger partial charge on any atom is -0.330 e. The summed E-state index contributed by atoms with van der Waals surface area (Å²) in [6.45, 7) is 0.673. The molecule has 16 heavy (non-hydrogen) atoms. The third-order valence-electron chi connectivity index (χ3n) is 3.06. The van der Waals surface area contributed by atoms with Crippen LogP contribution in [0.2, 0.25) is 0 Å². The van der Waals surface area contributed by atoms with Gasteiger partial charge in [0.1, 0.15) is 11.6 Å². The lowest BCUT2D eigenvalue weighted by molar-refractivity contribution is 0.535. The van der Waals surface area contributed by atoms with Crippen molar-refractivity contribution in [2.45, 2.75) is 24.2 Å². The molecule has 0 unspecified atom stereocenters. The van der Waals surface area contributed by atoms with E-state index in [0.29, 0.717) is 11.4 Å². The Labute approximate surface area is 98.4 Å². The average molecular weight is 243 g/mol. The topological polar surface area (TPSA) is 26.0 Å². The second-order valence-electron chi connectivity index (χ2n) is 4.40. The molecule has 0 heterocycles. The maximum atomic E-state index is 13.3. The van der Waals surface area contributed by atoms with Gasteiger partial charge in [0.15, 0.2) is 0 Å². The highest BCUT2D eigenvalue weighted by atomic mass is 32.2. The van der Waals surface area contributed by atoms with E-state index in [2.05, 4.69) is 0 Å². The summed E-state index contributed by atoms with van der Waals surface area (Å²) in [5.74, 6) is 0.118. The zero-order valence-electron chi connectivity index (χ0n) is 9.01. The predicted octanol–water partition coefficient (Wildman–Crippen LogP) is 3.19. The Kier molecular flexibility index (Phi) is 3.50. The van der Waals surface area contributed by atoms with E-state index in [1.165, 1.54) is 23.9 Å². The van der Waals surface area contributed by atoms with Crippen LogP contribution in [0.15, 0.2) is 23.1 Å². The Balaban J connectivity index is 1.97. The molecule has 0 aliphatic heterocycles. The fourth-order valence-corrected chi connectivity index (χ4v) is 3.06. The van der Waals surface area contributed by atoms with Gasteiger partial charge in [-0.25, -0.2) is 8.78 Å². The van der Waals surface area contributed by atoms with Crippen molar-refractivity contribution in [1.29, 1.82) is 0 Å². The number of thioether (sulfide) groups is 1. The molecule has 0 radical (unpaired) electrons. The number of rotatable bonds is 5. The molecule has 2 N–H and O–H groups in total. The van der Waals surface area contributed by atoms with E-state index in [1.54, 1.807) is 0 Å². The molecule has 0 amide bonds. The number of benzene rings is 1. The van der Waals surface area contributed by atoms with Crippen molar-refractivity contribution in [2.24, 2.45) is 11.1 Å². The van der Waals surface area contributed by atoms with Crippen LogP contribution in [0.4, 0.5) is 8.78 Å². The van der Waals surface area contributed by atoms with Crippen LogP contribution in [0.1, 0.15) is 19.3 Å². The van der Waals surface area contributed by atoms with E-state index >= 15 is 0 Å². The first-order valence-corrected chi connectivity index (χ1v) is 6.42. The van der Waals surface area contributed by atoms with Crippen LogP contribution >= 0.6 is 11.8 Å². The van der Waals surface area contributed by atoms with Gasteiger partial charge in [0, 0.05) is 10.6 Å². The summed E-state index contributed by atoms with van der Waals surface area (Å²) in [5.41, 5.74) is 5.82. The van der Waals surface area contributed by atoms with Gasteiger partial charge >= 0.3 is 0 Å². The van der Waals surface area contributed by atoms with E-state index in [1.807, 2.05) is 0 Å². The molecule has 2 rings (SSSR count). The molecule has 1 aliphatic rings.